The maximum absolute atomic E-state index is 13.0. The molecule has 0 radical (unpaired) electrons. The summed E-state index contributed by atoms with van der Waals surface area (Å²) in [6, 6.07) is 15.7. The third-order valence-corrected chi connectivity index (χ3v) is 4.01. The minimum absolute atomic E-state index is 0.0927. The molecule has 1 unspecified atom stereocenters. The fourth-order valence-electron chi connectivity index (χ4n) is 2.53. The van der Waals surface area contributed by atoms with Crippen molar-refractivity contribution in [1.29, 1.82) is 0 Å². The van der Waals surface area contributed by atoms with Gasteiger partial charge in [-0.2, -0.15) is 0 Å². The number of ether oxygens (including phenoxy) is 2. The molecule has 0 aliphatic carbocycles. The highest BCUT2D eigenvalue weighted by Crippen LogP contribution is 2.31. The van der Waals surface area contributed by atoms with Crippen molar-refractivity contribution in [3.63, 3.8) is 0 Å². The summed E-state index contributed by atoms with van der Waals surface area (Å²) < 4.78 is 24.1. The van der Waals surface area contributed by atoms with Crippen LogP contribution in [0.2, 0.25) is 0 Å². The molecule has 7 heteroatoms. The Kier molecular flexibility index (Phi) is 6.18. The summed E-state index contributed by atoms with van der Waals surface area (Å²) in [5.41, 5.74) is 0.920. The van der Waals surface area contributed by atoms with E-state index in [0.717, 1.165) is 0 Å². The number of nitrogens with zero attached hydrogens (tertiary/aromatic N) is 1. The van der Waals surface area contributed by atoms with Crippen molar-refractivity contribution in [2.45, 2.75) is 12.6 Å². The van der Waals surface area contributed by atoms with Crippen LogP contribution in [-0.4, -0.2) is 23.1 Å². The molecule has 144 valence electrons. The van der Waals surface area contributed by atoms with E-state index >= 15 is 0 Å². The Morgan fingerprint density at radius 2 is 1.82 bits per heavy atom. The van der Waals surface area contributed by atoms with Crippen molar-refractivity contribution >= 4 is 5.91 Å². The highest BCUT2D eigenvalue weighted by atomic mass is 19.1. The number of hydrogen-bond donors (Lipinski definition) is 2. The van der Waals surface area contributed by atoms with Gasteiger partial charge < -0.3 is 19.9 Å². The third kappa shape index (κ3) is 4.63. The standard InChI is InChI=1S/C21H19FN2O4/c1-27-17-6-2-3-7-18(17)28-21-15(5-4-12-23-21)13-24-20(26)19(25)14-8-10-16(22)11-9-14/h2-12,19,25H,13H2,1H3,(H,24,26). The van der Waals surface area contributed by atoms with Crippen molar-refractivity contribution in [2.75, 3.05) is 7.11 Å². The van der Waals surface area contributed by atoms with Crippen molar-refractivity contribution in [3.05, 3.63) is 83.8 Å². The van der Waals surface area contributed by atoms with Crippen LogP contribution in [0.5, 0.6) is 17.4 Å². The largest absolute Gasteiger partial charge is 0.493 e. The number of benzene rings is 2. The zero-order valence-corrected chi connectivity index (χ0v) is 15.1. The first-order valence-corrected chi connectivity index (χ1v) is 8.54. The van der Waals surface area contributed by atoms with Gasteiger partial charge in [0.1, 0.15) is 5.82 Å². The predicted octanol–water partition coefficient (Wildman–Crippen LogP) is 3.37. The molecule has 0 aliphatic rings. The van der Waals surface area contributed by atoms with E-state index in [9.17, 15) is 14.3 Å². The van der Waals surface area contributed by atoms with E-state index < -0.39 is 17.8 Å². The highest BCUT2D eigenvalue weighted by Gasteiger charge is 2.18. The van der Waals surface area contributed by atoms with Crippen LogP contribution < -0.4 is 14.8 Å². The van der Waals surface area contributed by atoms with Gasteiger partial charge in [-0.1, -0.05) is 30.3 Å². The molecule has 0 saturated heterocycles. The van der Waals surface area contributed by atoms with E-state index in [1.54, 1.807) is 43.6 Å². The lowest BCUT2D eigenvalue weighted by Crippen LogP contribution is -2.29. The topological polar surface area (TPSA) is 80.7 Å². The Morgan fingerprint density at radius 1 is 1.11 bits per heavy atom. The van der Waals surface area contributed by atoms with Crippen molar-refractivity contribution < 1.29 is 23.8 Å². The number of amides is 1. The molecule has 0 bridgehead atoms. The quantitative estimate of drug-likeness (QED) is 0.655. The minimum Gasteiger partial charge on any atom is -0.493 e. The number of aliphatic hydroxyl groups is 1. The molecule has 1 amide bonds. The molecule has 3 aromatic rings. The maximum atomic E-state index is 13.0. The van der Waals surface area contributed by atoms with Crippen LogP contribution in [0.1, 0.15) is 17.2 Å². The Morgan fingerprint density at radius 3 is 2.54 bits per heavy atom. The lowest BCUT2D eigenvalue weighted by atomic mass is 10.1. The van der Waals surface area contributed by atoms with Crippen LogP contribution in [0.4, 0.5) is 4.39 Å². The number of aromatic nitrogens is 1. The summed E-state index contributed by atoms with van der Waals surface area (Å²) in [6.45, 7) is 0.0927. The number of methoxy groups -OCH3 is 1. The normalized spacial score (nSPS) is 11.5. The van der Waals surface area contributed by atoms with Crippen LogP contribution in [0, 0.1) is 5.82 Å². The Labute approximate surface area is 161 Å². The maximum Gasteiger partial charge on any atom is 0.253 e. The number of carbonyl (C=O) groups excluding carboxylic acids is 1. The van der Waals surface area contributed by atoms with E-state index in [-0.39, 0.29) is 6.54 Å². The highest BCUT2D eigenvalue weighted by molar-refractivity contribution is 5.81. The van der Waals surface area contributed by atoms with Gasteiger partial charge in [-0.25, -0.2) is 9.37 Å². The van der Waals surface area contributed by atoms with Crippen LogP contribution in [0.3, 0.4) is 0 Å². The van der Waals surface area contributed by atoms with Gasteiger partial charge in [-0.15, -0.1) is 0 Å². The molecule has 6 nitrogen and oxygen atoms in total. The summed E-state index contributed by atoms with van der Waals surface area (Å²) in [7, 11) is 1.54. The number of halogens is 1. The smallest absolute Gasteiger partial charge is 0.253 e. The van der Waals surface area contributed by atoms with Crippen LogP contribution in [-0.2, 0) is 11.3 Å². The predicted molar refractivity (Wildman–Crippen MR) is 101 cm³/mol. The number of nitrogens with one attached hydrogen (secondary N) is 1. The second-order valence-electron chi connectivity index (χ2n) is 5.89. The van der Waals surface area contributed by atoms with Crippen LogP contribution in [0.15, 0.2) is 66.9 Å². The van der Waals surface area contributed by atoms with E-state index in [1.807, 2.05) is 6.07 Å². The molecule has 0 aliphatic heterocycles. The van der Waals surface area contributed by atoms with Gasteiger partial charge in [-0.3, -0.25) is 4.79 Å². The molecule has 3 rings (SSSR count). The van der Waals surface area contributed by atoms with Crippen molar-refractivity contribution in [1.82, 2.24) is 10.3 Å². The summed E-state index contributed by atoms with van der Waals surface area (Å²) in [4.78, 5) is 16.4. The van der Waals surface area contributed by atoms with E-state index in [4.69, 9.17) is 9.47 Å². The molecule has 28 heavy (non-hydrogen) atoms. The van der Waals surface area contributed by atoms with E-state index in [0.29, 0.717) is 28.5 Å². The van der Waals surface area contributed by atoms with Gasteiger partial charge in [0.25, 0.3) is 5.91 Å². The van der Waals surface area contributed by atoms with Gasteiger partial charge in [0.05, 0.1) is 7.11 Å². The van der Waals surface area contributed by atoms with Gasteiger partial charge in [-0.05, 0) is 35.9 Å². The molecule has 0 saturated carbocycles. The van der Waals surface area contributed by atoms with Gasteiger partial charge >= 0.3 is 0 Å². The van der Waals surface area contributed by atoms with Gasteiger partial charge in [0.2, 0.25) is 5.88 Å². The molecule has 2 aromatic carbocycles. The second-order valence-corrected chi connectivity index (χ2v) is 5.89. The zero-order valence-electron chi connectivity index (χ0n) is 15.1. The zero-order chi connectivity index (χ0) is 19.9. The fraction of sp³-hybridized carbons (Fsp3) is 0.143. The molecule has 1 atom stereocenters. The molecule has 2 N–H and O–H groups in total. The van der Waals surface area contributed by atoms with E-state index in [2.05, 4.69) is 10.3 Å². The Hall–Kier alpha value is -3.45. The number of rotatable bonds is 7. The first-order valence-electron chi connectivity index (χ1n) is 8.54. The summed E-state index contributed by atoms with van der Waals surface area (Å²) in [6.07, 6.45) is 0.166. The average molecular weight is 382 g/mol. The van der Waals surface area contributed by atoms with Crippen LogP contribution in [0.25, 0.3) is 0 Å². The lowest BCUT2D eigenvalue weighted by molar-refractivity contribution is -0.129. The van der Waals surface area contributed by atoms with Crippen LogP contribution >= 0.6 is 0 Å². The molecular weight excluding hydrogens is 363 g/mol. The third-order valence-electron chi connectivity index (χ3n) is 4.01. The summed E-state index contributed by atoms with van der Waals surface area (Å²) in [5.74, 6) is 0.296. The molecule has 0 fully saturated rings. The second kappa shape index (κ2) is 8.96. The van der Waals surface area contributed by atoms with Gasteiger partial charge in [0.15, 0.2) is 17.6 Å². The lowest BCUT2D eigenvalue weighted by Gasteiger charge is -2.14. The van der Waals surface area contributed by atoms with Gasteiger partial charge in [0, 0.05) is 18.3 Å². The summed E-state index contributed by atoms with van der Waals surface area (Å²) >= 11 is 0. The number of carbonyl (C=O) groups is 1. The molecule has 1 aromatic heterocycles. The van der Waals surface area contributed by atoms with Crippen molar-refractivity contribution in [2.24, 2.45) is 0 Å². The van der Waals surface area contributed by atoms with E-state index in [1.165, 1.54) is 24.3 Å². The number of hydrogen-bond acceptors (Lipinski definition) is 5. The molecule has 1 heterocycles. The first kappa shape index (κ1) is 19.3. The first-order chi connectivity index (χ1) is 13.6. The number of para-hydroxylation sites is 2. The summed E-state index contributed by atoms with van der Waals surface area (Å²) in [5, 5.41) is 12.8. The number of pyridine rings is 1. The Balaban J connectivity index is 1.69. The fourth-order valence-corrected chi connectivity index (χ4v) is 2.53. The average Bonchev–Trinajstić information content (AvgIpc) is 2.73. The SMILES string of the molecule is COc1ccccc1Oc1ncccc1CNC(=O)C(O)c1ccc(F)cc1. The molecule has 0 spiro atoms. The Bertz CT molecular complexity index is 947. The van der Waals surface area contributed by atoms with Crippen molar-refractivity contribution in [3.8, 4) is 17.4 Å². The number of aliphatic hydroxyl groups excluding tert-OH is 1. The molecular formula is C21H19FN2O4. The minimum atomic E-state index is -1.41. The monoisotopic (exact) mass is 382 g/mol.